The number of carbonyl (C=O) groups excluding carboxylic acids is 2. The highest BCUT2D eigenvalue weighted by Crippen LogP contribution is 2.08. The van der Waals surface area contributed by atoms with E-state index >= 15 is 0 Å². The molecule has 0 aromatic heterocycles. The first kappa shape index (κ1) is 13.5. The Balaban J connectivity index is 2.16. The summed E-state index contributed by atoms with van der Waals surface area (Å²) >= 11 is 0. The Hall–Kier alpha value is -1.61. The molecule has 2 amide bonds. The third-order valence-electron chi connectivity index (χ3n) is 2.74. The van der Waals surface area contributed by atoms with Gasteiger partial charge in [-0.25, -0.2) is 0 Å². The molecule has 1 heterocycles. The number of piperidine rings is 1. The van der Waals surface area contributed by atoms with E-state index in [1.54, 1.807) is 11.9 Å². The van der Waals surface area contributed by atoms with Crippen molar-refractivity contribution in [3.63, 3.8) is 0 Å². The average molecular weight is 238 g/mol. The van der Waals surface area contributed by atoms with E-state index in [2.05, 4.69) is 10.6 Å². The van der Waals surface area contributed by atoms with Crippen molar-refractivity contribution >= 4 is 11.8 Å². The van der Waals surface area contributed by atoms with Crippen LogP contribution in [0.4, 0.5) is 0 Å². The van der Waals surface area contributed by atoms with Gasteiger partial charge in [-0.1, -0.05) is 0 Å². The van der Waals surface area contributed by atoms with Crippen LogP contribution in [-0.4, -0.2) is 49.4 Å². The number of likely N-dealkylation sites (tertiary alicyclic amines) is 1. The lowest BCUT2D eigenvalue weighted by molar-refractivity contribution is -0.132. The van der Waals surface area contributed by atoms with E-state index in [4.69, 9.17) is 5.26 Å². The quantitative estimate of drug-likeness (QED) is 0.616. The maximum atomic E-state index is 11.3. The van der Waals surface area contributed by atoms with Gasteiger partial charge in [0.2, 0.25) is 11.8 Å². The van der Waals surface area contributed by atoms with Gasteiger partial charge in [0, 0.05) is 32.6 Å². The summed E-state index contributed by atoms with van der Waals surface area (Å²) in [5.74, 6) is 0.0429. The lowest BCUT2D eigenvalue weighted by Gasteiger charge is -2.30. The van der Waals surface area contributed by atoms with E-state index in [0.29, 0.717) is 25.9 Å². The molecule has 1 fully saturated rings. The molecule has 0 spiro atoms. The highest BCUT2D eigenvalue weighted by Gasteiger charge is 2.22. The number of nitriles is 1. The number of nitrogens with one attached hydrogen (secondary N) is 2. The van der Waals surface area contributed by atoms with Gasteiger partial charge in [-0.05, 0) is 6.42 Å². The first-order valence-corrected chi connectivity index (χ1v) is 5.74. The number of carbonyl (C=O) groups is 2. The van der Waals surface area contributed by atoms with Gasteiger partial charge in [0.15, 0.2) is 0 Å². The van der Waals surface area contributed by atoms with E-state index < -0.39 is 0 Å². The summed E-state index contributed by atoms with van der Waals surface area (Å²) in [6.45, 7) is 1.27. The van der Waals surface area contributed by atoms with E-state index in [1.807, 2.05) is 6.07 Å². The zero-order valence-corrected chi connectivity index (χ0v) is 10.0. The van der Waals surface area contributed by atoms with Crippen LogP contribution in [0.15, 0.2) is 0 Å². The van der Waals surface area contributed by atoms with Crippen molar-refractivity contribution in [3.05, 3.63) is 0 Å². The van der Waals surface area contributed by atoms with Crippen molar-refractivity contribution in [2.24, 2.45) is 0 Å². The van der Waals surface area contributed by atoms with Crippen LogP contribution in [-0.2, 0) is 9.59 Å². The molecule has 1 saturated heterocycles. The normalized spacial score (nSPS) is 19.9. The summed E-state index contributed by atoms with van der Waals surface area (Å²) in [6.07, 6.45) is 1.63. The molecule has 0 aliphatic carbocycles. The van der Waals surface area contributed by atoms with Crippen LogP contribution in [0.1, 0.15) is 19.3 Å². The monoisotopic (exact) mass is 238 g/mol. The third kappa shape index (κ3) is 4.83. The minimum absolute atomic E-state index is 0.111. The molecule has 0 bridgehead atoms. The molecule has 0 radical (unpaired) electrons. The van der Waals surface area contributed by atoms with Crippen LogP contribution in [0.25, 0.3) is 0 Å². The van der Waals surface area contributed by atoms with E-state index in [9.17, 15) is 9.59 Å². The van der Waals surface area contributed by atoms with E-state index in [-0.39, 0.29) is 24.4 Å². The zero-order valence-electron chi connectivity index (χ0n) is 10.0. The Kier molecular flexibility index (Phi) is 5.43. The van der Waals surface area contributed by atoms with Gasteiger partial charge in [0.1, 0.15) is 0 Å². The van der Waals surface area contributed by atoms with Crippen LogP contribution in [0.3, 0.4) is 0 Å². The summed E-state index contributed by atoms with van der Waals surface area (Å²) in [4.78, 5) is 24.3. The Morgan fingerprint density at radius 2 is 2.41 bits per heavy atom. The summed E-state index contributed by atoms with van der Waals surface area (Å²) in [5, 5.41) is 14.1. The maximum Gasteiger partial charge on any atom is 0.234 e. The summed E-state index contributed by atoms with van der Waals surface area (Å²) in [6, 6.07) is 2.14. The summed E-state index contributed by atoms with van der Waals surface area (Å²) < 4.78 is 0. The second kappa shape index (κ2) is 6.86. The molecule has 1 unspecified atom stereocenters. The first-order chi connectivity index (χ1) is 8.13. The van der Waals surface area contributed by atoms with E-state index in [1.165, 1.54) is 0 Å². The maximum absolute atomic E-state index is 11.3. The fourth-order valence-corrected chi connectivity index (χ4v) is 1.74. The molecule has 2 N–H and O–H groups in total. The fraction of sp³-hybridized carbons (Fsp3) is 0.727. The van der Waals surface area contributed by atoms with E-state index in [0.717, 1.165) is 6.42 Å². The number of hydrogen-bond donors (Lipinski definition) is 2. The predicted octanol–water partition coefficient (Wildman–Crippen LogP) is -0.773. The molecule has 1 aliphatic heterocycles. The smallest absolute Gasteiger partial charge is 0.234 e. The second-order valence-corrected chi connectivity index (χ2v) is 4.15. The van der Waals surface area contributed by atoms with Gasteiger partial charge < -0.3 is 15.5 Å². The first-order valence-electron chi connectivity index (χ1n) is 5.74. The minimum Gasteiger partial charge on any atom is -0.354 e. The van der Waals surface area contributed by atoms with Crippen molar-refractivity contribution in [3.8, 4) is 6.07 Å². The van der Waals surface area contributed by atoms with Gasteiger partial charge >= 0.3 is 0 Å². The molecule has 6 nitrogen and oxygen atoms in total. The van der Waals surface area contributed by atoms with Crippen molar-refractivity contribution in [2.45, 2.75) is 25.3 Å². The predicted molar refractivity (Wildman–Crippen MR) is 61.9 cm³/mol. The van der Waals surface area contributed by atoms with Crippen LogP contribution in [0.2, 0.25) is 0 Å². The number of amides is 2. The van der Waals surface area contributed by atoms with Crippen LogP contribution >= 0.6 is 0 Å². The Bertz CT molecular complexity index is 324. The number of likely N-dealkylation sites (N-methyl/N-ethyl adjacent to an activating group) is 1. The van der Waals surface area contributed by atoms with Crippen LogP contribution in [0.5, 0.6) is 0 Å². The molecular formula is C11H18N4O2. The van der Waals surface area contributed by atoms with Crippen molar-refractivity contribution in [2.75, 3.05) is 26.7 Å². The van der Waals surface area contributed by atoms with Gasteiger partial charge in [-0.3, -0.25) is 9.59 Å². The van der Waals surface area contributed by atoms with Crippen molar-refractivity contribution in [1.82, 2.24) is 15.5 Å². The molecular weight excluding hydrogens is 220 g/mol. The van der Waals surface area contributed by atoms with Gasteiger partial charge in [-0.15, -0.1) is 0 Å². The lowest BCUT2D eigenvalue weighted by atomic mass is 10.1. The standard InChI is InChI=1S/C11H18N4O2/c1-15-8-9(3-4-11(15)17)14-7-10(16)13-6-2-5-12/h9,14H,2-4,6-8H2,1H3,(H,13,16). The molecule has 94 valence electrons. The SMILES string of the molecule is CN1CC(NCC(=O)NCCC#N)CCC1=O. The number of rotatable bonds is 5. The highest BCUT2D eigenvalue weighted by molar-refractivity contribution is 5.78. The number of nitrogens with zero attached hydrogens (tertiary/aromatic N) is 2. The molecule has 1 aliphatic rings. The fourth-order valence-electron chi connectivity index (χ4n) is 1.74. The van der Waals surface area contributed by atoms with Crippen molar-refractivity contribution in [1.29, 1.82) is 5.26 Å². The highest BCUT2D eigenvalue weighted by atomic mass is 16.2. The summed E-state index contributed by atoms with van der Waals surface area (Å²) in [7, 11) is 1.77. The Labute approximate surface area is 101 Å². The van der Waals surface area contributed by atoms with Gasteiger partial charge in [-0.2, -0.15) is 5.26 Å². The zero-order chi connectivity index (χ0) is 12.7. The topological polar surface area (TPSA) is 85.2 Å². The molecule has 0 aromatic rings. The molecule has 1 atom stereocenters. The molecule has 17 heavy (non-hydrogen) atoms. The van der Waals surface area contributed by atoms with Gasteiger partial charge in [0.25, 0.3) is 0 Å². The lowest BCUT2D eigenvalue weighted by Crippen LogP contribution is -2.49. The molecule has 6 heteroatoms. The van der Waals surface area contributed by atoms with Crippen molar-refractivity contribution < 1.29 is 9.59 Å². The van der Waals surface area contributed by atoms with Crippen LogP contribution < -0.4 is 10.6 Å². The Morgan fingerprint density at radius 1 is 1.65 bits per heavy atom. The summed E-state index contributed by atoms with van der Waals surface area (Å²) in [5.41, 5.74) is 0. The number of hydrogen-bond acceptors (Lipinski definition) is 4. The third-order valence-corrected chi connectivity index (χ3v) is 2.74. The molecule has 1 rings (SSSR count). The van der Waals surface area contributed by atoms with Gasteiger partial charge in [0.05, 0.1) is 19.0 Å². The Morgan fingerprint density at radius 3 is 3.06 bits per heavy atom. The minimum atomic E-state index is -0.111. The largest absolute Gasteiger partial charge is 0.354 e. The van der Waals surface area contributed by atoms with Crippen LogP contribution in [0, 0.1) is 11.3 Å². The second-order valence-electron chi connectivity index (χ2n) is 4.15. The average Bonchev–Trinajstić information content (AvgIpc) is 2.31. The molecule has 0 saturated carbocycles. The molecule has 0 aromatic carbocycles.